The first-order valence-electron chi connectivity index (χ1n) is 10.9. The zero-order valence-electron chi connectivity index (χ0n) is 16.8. The van der Waals surface area contributed by atoms with E-state index in [9.17, 15) is 0 Å². The van der Waals surface area contributed by atoms with Crippen LogP contribution in [0.5, 0.6) is 0 Å². The van der Waals surface area contributed by atoms with Gasteiger partial charge in [-0.05, 0) is 46.9 Å². The molecule has 0 bridgehead atoms. The second-order valence-electron chi connectivity index (χ2n) is 7.73. The lowest BCUT2D eigenvalue weighted by molar-refractivity contribution is 0.556. The molecule has 0 amide bonds. The molecule has 0 aliphatic rings. The van der Waals surface area contributed by atoms with E-state index in [0.29, 0.717) is 0 Å². The molecule has 1 radical (unpaired) electrons. The summed E-state index contributed by atoms with van der Waals surface area (Å²) >= 11 is 1.77. The third kappa shape index (κ3) is 6.50. The average molecular weight is 378 g/mol. The van der Waals surface area contributed by atoms with Crippen LogP contribution in [0.1, 0.15) is 76.7 Å². The minimum atomic E-state index is 1.18. The monoisotopic (exact) mass is 377 g/mol. The number of hydrogen-bond donors (Lipinski definition) is 0. The van der Waals surface area contributed by atoms with E-state index >= 15 is 0 Å². The van der Waals surface area contributed by atoms with Gasteiger partial charge in [0, 0.05) is 10.3 Å². The van der Waals surface area contributed by atoms with Crippen molar-refractivity contribution in [2.45, 2.75) is 77.6 Å². The highest BCUT2D eigenvalue weighted by Gasteiger charge is 2.04. The molecule has 0 aliphatic carbocycles. The maximum atomic E-state index is 3.52. The number of aryl methyl sites for hydroxylation is 1. The summed E-state index contributed by atoms with van der Waals surface area (Å²) in [6, 6.07) is 17.7. The molecule has 143 valence electrons. The smallest absolute Gasteiger partial charge is 0.0484 e. The van der Waals surface area contributed by atoms with Gasteiger partial charge in [-0.25, -0.2) is 0 Å². The molecule has 1 heterocycles. The Labute approximate surface area is 169 Å². The molecule has 0 aliphatic heterocycles. The third-order valence-electron chi connectivity index (χ3n) is 5.43. The van der Waals surface area contributed by atoms with E-state index in [1.54, 1.807) is 11.3 Å². The van der Waals surface area contributed by atoms with Gasteiger partial charge in [-0.2, -0.15) is 0 Å². The summed E-state index contributed by atoms with van der Waals surface area (Å²) in [4.78, 5) is 1.35. The first-order valence-corrected chi connectivity index (χ1v) is 11.7. The van der Waals surface area contributed by atoms with Crippen LogP contribution in [0.15, 0.2) is 48.5 Å². The van der Waals surface area contributed by atoms with Crippen LogP contribution in [-0.4, -0.2) is 0 Å². The van der Waals surface area contributed by atoms with Crippen molar-refractivity contribution in [3.8, 4) is 10.4 Å². The normalized spacial score (nSPS) is 11.3. The molecule has 0 fully saturated rings. The van der Waals surface area contributed by atoms with Crippen molar-refractivity contribution in [1.29, 1.82) is 0 Å². The molecular formula is C26H33S. The summed E-state index contributed by atoms with van der Waals surface area (Å²) in [5.74, 6) is 0. The standard InChI is InChI=1S/C26H33S/c1-2-3-4-5-6-7-8-9-10-11-14-22-19-26(27-21-22)25-18-17-23-15-12-13-16-24(23)20-25/h12-13,15-20H,2-11,14H2,1H3. The first-order chi connectivity index (χ1) is 13.4. The predicted octanol–water partition coefficient (Wildman–Crippen LogP) is 8.83. The molecular weight excluding hydrogens is 344 g/mol. The second-order valence-corrected chi connectivity index (χ2v) is 8.58. The maximum absolute atomic E-state index is 3.52. The van der Waals surface area contributed by atoms with Crippen LogP contribution in [-0.2, 0) is 6.42 Å². The Hall–Kier alpha value is -1.60. The highest BCUT2D eigenvalue weighted by atomic mass is 32.1. The van der Waals surface area contributed by atoms with E-state index in [1.807, 2.05) is 0 Å². The first kappa shape index (κ1) is 20.1. The molecule has 0 saturated carbocycles. The van der Waals surface area contributed by atoms with E-state index in [0.717, 1.165) is 0 Å². The second kappa shape index (κ2) is 11.3. The molecule has 2 aromatic carbocycles. The third-order valence-corrected chi connectivity index (χ3v) is 6.37. The molecule has 0 atom stereocenters. The molecule has 3 rings (SSSR count). The lowest BCUT2D eigenvalue weighted by atomic mass is 10.0. The Morgan fingerprint density at radius 3 is 2.11 bits per heavy atom. The molecule has 0 unspecified atom stereocenters. The number of hydrogen-bond acceptors (Lipinski definition) is 1. The number of rotatable bonds is 12. The average Bonchev–Trinajstić information content (AvgIpc) is 3.18. The minimum Gasteiger partial charge on any atom is -0.134 e. The fraction of sp³-hybridized carbons (Fsp3) is 0.462. The molecule has 1 aromatic heterocycles. The van der Waals surface area contributed by atoms with Gasteiger partial charge in [-0.15, -0.1) is 11.3 Å². The topological polar surface area (TPSA) is 0 Å². The van der Waals surface area contributed by atoms with Crippen LogP contribution < -0.4 is 0 Å². The lowest BCUT2D eigenvalue weighted by Crippen LogP contribution is -1.85. The SMILES string of the molecule is CCCCCCCCCCCCc1[c]sc(-c2ccc3ccccc3c2)c1. The Kier molecular flexibility index (Phi) is 8.42. The van der Waals surface area contributed by atoms with Crippen LogP contribution in [0.25, 0.3) is 21.2 Å². The van der Waals surface area contributed by atoms with Crippen molar-refractivity contribution in [3.63, 3.8) is 0 Å². The summed E-state index contributed by atoms with van der Waals surface area (Å²) in [6.45, 7) is 2.29. The molecule has 3 aromatic rings. The molecule has 0 spiro atoms. The van der Waals surface area contributed by atoms with E-state index in [4.69, 9.17) is 0 Å². The van der Waals surface area contributed by atoms with Gasteiger partial charge in [0.2, 0.25) is 0 Å². The van der Waals surface area contributed by atoms with E-state index in [2.05, 4.69) is 60.8 Å². The number of unbranched alkanes of at least 4 members (excludes halogenated alkanes) is 9. The summed E-state index contributed by atoms with van der Waals surface area (Å²) in [5, 5.41) is 6.16. The van der Waals surface area contributed by atoms with Gasteiger partial charge in [-0.1, -0.05) is 101 Å². The summed E-state index contributed by atoms with van der Waals surface area (Å²) < 4.78 is 0. The summed E-state index contributed by atoms with van der Waals surface area (Å²) in [6.07, 6.45) is 15.2. The van der Waals surface area contributed by atoms with Gasteiger partial charge in [-0.3, -0.25) is 0 Å². The van der Waals surface area contributed by atoms with Crippen molar-refractivity contribution in [1.82, 2.24) is 0 Å². The van der Waals surface area contributed by atoms with Crippen molar-refractivity contribution in [2.75, 3.05) is 0 Å². The van der Waals surface area contributed by atoms with Crippen LogP contribution in [0.4, 0.5) is 0 Å². The van der Waals surface area contributed by atoms with Crippen LogP contribution >= 0.6 is 11.3 Å². The van der Waals surface area contributed by atoms with Gasteiger partial charge < -0.3 is 0 Å². The Bertz CT molecular complexity index is 799. The number of thiophene rings is 1. The van der Waals surface area contributed by atoms with Gasteiger partial charge in [0.15, 0.2) is 0 Å². The van der Waals surface area contributed by atoms with Crippen molar-refractivity contribution in [2.24, 2.45) is 0 Å². The summed E-state index contributed by atoms with van der Waals surface area (Å²) in [5.41, 5.74) is 2.71. The van der Waals surface area contributed by atoms with Crippen LogP contribution in [0.2, 0.25) is 0 Å². The fourth-order valence-corrected chi connectivity index (χ4v) is 4.60. The van der Waals surface area contributed by atoms with Crippen LogP contribution in [0.3, 0.4) is 0 Å². The zero-order chi connectivity index (χ0) is 18.7. The van der Waals surface area contributed by atoms with Crippen molar-refractivity contribution in [3.05, 3.63) is 59.5 Å². The van der Waals surface area contributed by atoms with Gasteiger partial charge in [0.05, 0.1) is 0 Å². The maximum Gasteiger partial charge on any atom is 0.0484 e. The summed E-state index contributed by atoms with van der Waals surface area (Å²) in [7, 11) is 0. The Morgan fingerprint density at radius 1 is 0.704 bits per heavy atom. The minimum absolute atomic E-state index is 1.18. The van der Waals surface area contributed by atoms with Crippen LogP contribution in [0, 0.1) is 5.38 Å². The molecule has 0 saturated heterocycles. The molecule has 0 N–H and O–H groups in total. The Balaban J connectivity index is 1.37. The fourth-order valence-electron chi connectivity index (χ4n) is 3.75. The lowest BCUT2D eigenvalue weighted by Gasteiger charge is -2.02. The van der Waals surface area contributed by atoms with Gasteiger partial charge in [0.1, 0.15) is 0 Å². The number of fused-ring (bicyclic) bond motifs is 1. The molecule has 0 nitrogen and oxygen atoms in total. The molecule has 27 heavy (non-hydrogen) atoms. The highest BCUT2D eigenvalue weighted by Crippen LogP contribution is 2.30. The Morgan fingerprint density at radius 2 is 1.37 bits per heavy atom. The quantitative estimate of drug-likeness (QED) is 0.276. The number of benzene rings is 2. The van der Waals surface area contributed by atoms with E-state index in [1.165, 1.54) is 97.4 Å². The van der Waals surface area contributed by atoms with Gasteiger partial charge >= 0.3 is 0 Å². The van der Waals surface area contributed by atoms with E-state index < -0.39 is 0 Å². The van der Waals surface area contributed by atoms with E-state index in [-0.39, 0.29) is 0 Å². The van der Waals surface area contributed by atoms with Crippen molar-refractivity contribution < 1.29 is 0 Å². The van der Waals surface area contributed by atoms with Gasteiger partial charge in [0.25, 0.3) is 0 Å². The van der Waals surface area contributed by atoms with Crippen molar-refractivity contribution >= 4 is 22.1 Å². The molecule has 1 heteroatoms. The predicted molar refractivity (Wildman–Crippen MR) is 122 cm³/mol. The highest BCUT2D eigenvalue weighted by molar-refractivity contribution is 7.13. The largest absolute Gasteiger partial charge is 0.134 e. The zero-order valence-corrected chi connectivity index (χ0v) is 17.6.